The standard InChI is InChI=1S/C14H22N2O4/c1-5-16(8-10(2)14(17)18)9-11-13(20-4)12(19-3)6-7-15-11/h6-7,10H,5,8-9H2,1-4H3,(H,17,18). The van der Waals surface area contributed by atoms with E-state index in [1.807, 2.05) is 11.8 Å². The minimum Gasteiger partial charge on any atom is -0.493 e. The molecule has 6 nitrogen and oxygen atoms in total. The summed E-state index contributed by atoms with van der Waals surface area (Å²) >= 11 is 0. The number of ether oxygens (including phenoxy) is 2. The van der Waals surface area contributed by atoms with Gasteiger partial charge in [-0.15, -0.1) is 0 Å². The highest BCUT2D eigenvalue weighted by Crippen LogP contribution is 2.29. The molecule has 1 aromatic rings. The molecule has 1 atom stereocenters. The zero-order valence-corrected chi connectivity index (χ0v) is 12.4. The third-order valence-corrected chi connectivity index (χ3v) is 3.14. The summed E-state index contributed by atoms with van der Waals surface area (Å²) < 4.78 is 10.6. The van der Waals surface area contributed by atoms with Gasteiger partial charge < -0.3 is 14.6 Å². The van der Waals surface area contributed by atoms with Crippen LogP contribution >= 0.6 is 0 Å². The highest BCUT2D eigenvalue weighted by molar-refractivity contribution is 5.69. The number of aliphatic carboxylic acids is 1. The van der Waals surface area contributed by atoms with E-state index >= 15 is 0 Å². The maximum atomic E-state index is 10.9. The summed E-state index contributed by atoms with van der Waals surface area (Å²) in [5.74, 6) is -0.00293. The van der Waals surface area contributed by atoms with E-state index in [1.165, 1.54) is 0 Å². The van der Waals surface area contributed by atoms with Gasteiger partial charge in [-0.2, -0.15) is 0 Å². The summed E-state index contributed by atoms with van der Waals surface area (Å²) in [6.45, 7) is 5.41. The van der Waals surface area contributed by atoms with E-state index in [9.17, 15) is 4.79 Å². The summed E-state index contributed by atoms with van der Waals surface area (Å²) in [4.78, 5) is 17.3. The molecule has 0 aliphatic heterocycles. The van der Waals surface area contributed by atoms with Crippen molar-refractivity contribution in [2.24, 2.45) is 5.92 Å². The maximum absolute atomic E-state index is 10.9. The van der Waals surface area contributed by atoms with Crippen molar-refractivity contribution in [2.45, 2.75) is 20.4 Å². The van der Waals surface area contributed by atoms with Gasteiger partial charge in [-0.25, -0.2) is 0 Å². The molecule has 0 amide bonds. The van der Waals surface area contributed by atoms with Crippen molar-refractivity contribution in [1.29, 1.82) is 0 Å². The van der Waals surface area contributed by atoms with E-state index < -0.39 is 11.9 Å². The second-order valence-corrected chi connectivity index (χ2v) is 4.56. The number of aromatic nitrogens is 1. The van der Waals surface area contributed by atoms with Crippen molar-refractivity contribution in [2.75, 3.05) is 27.3 Å². The largest absolute Gasteiger partial charge is 0.493 e. The molecule has 1 unspecified atom stereocenters. The average Bonchev–Trinajstić information content (AvgIpc) is 2.45. The third-order valence-electron chi connectivity index (χ3n) is 3.14. The fourth-order valence-electron chi connectivity index (χ4n) is 1.95. The molecule has 6 heteroatoms. The molecule has 1 rings (SSSR count). The molecule has 1 heterocycles. The van der Waals surface area contributed by atoms with Crippen molar-refractivity contribution in [3.8, 4) is 11.5 Å². The average molecular weight is 282 g/mol. The molecule has 0 bridgehead atoms. The molecule has 0 aliphatic rings. The third kappa shape index (κ3) is 4.09. The van der Waals surface area contributed by atoms with Crippen LogP contribution < -0.4 is 9.47 Å². The monoisotopic (exact) mass is 282 g/mol. The van der Waals surface area contributed by atoms with E-state index in [0.717, 1.165) is 12.2 Å². The van der Waals surface area contributed by atoms with Crippen LogP contribution in [0.15, 0.2) is 12.3 Å². The van der Waals surface area contributed by atoms with Gasteiger partial charge in [0, 0.05) is 25.4 Å². The minimum absolute atomic E-state index is 0.424. The van der Waals surface area contributed by atoms with Crippen molar-refractivity contribution < 1.29 is 19.4 Å². The van der Waals surface area contributed by atoms with Crippen LogP contribution in [0.25, 0.3) is 0 Å². The Morgan fingerprint density at radius 2 is 2.15 bits per heavy atom. The predicted molar refractivity (Wildman–Crippen MR) is 75.1 cm³/mol. The molecular formula is C14H22N2O4. The van der Waals surface area contributed by atoms with Crippen LogP contribution in [-0.4, -0.2) is 48.3 Å². The number of hydrogen-bond acceptors (Lipinski definition) is 5. The lowest BCUT2D eigenvalue weighted by Gasteiger charge is -2.23. The molecule has 0 saturated heterocycles. The van der Waals surface area contributed by atoms with Gasteiger partial charge in [-0.05, 0) is 6.54 Å². The first-order valence-electron chi connectivity index (χ1n) is 6.54. The van der Waals surface area contributed by atoms with Gasteiger partial charge in [0.05, 0.1) is 20.1 Å². The number of hydrogen-bond donors (Lipinski definition) is 1. The first kappa shape index (κ1) is 16.2. The van der Waals surface area contributed by atoms with Crippen LogP contribution in [0.1, 0.15) is 19.5 Å². The molecule has 112 valence electrons. The fraction of sp³-hybridized carbons (Fsp3) is 0.571. The SMILES string of the molecule is CCN(Cc1nccc(OC)c1OC)CC(C)C(=O)O. The zero-order valence-electron chi connectivity index (χ0n) is 12.4. The Hall–Kier alpha value is -1.82. The molecule has 0 aliphatic carbocycles. The topological polar surface area (TPSA) is 71.9 Å². The van der Waals surface area contributed by atoms with E-state index in [1.54, 1.807) is 33.4 Å². The summed E-state index contributed by atoms with van der Waals surface area (Å²) in [6.07, 6.45) is 1.66. The molecule has 0 saturated carbocycles. The van der Waals surface area contributed by atoms with Crippen LogP contribution in [0.4, 0.5) is 0 Å². The van der Waals surface area contributed by atoms with Crippen LogP contribution in [0, 0.1) is 5.92 Å². The highest BCUT2D eigenvalue weighted by atomic mass is 16.5. The summed E-state index contributed by atoms with van der Waals surface area (Å²) in [7, 11) is 3.14. The number of carboxylic acids is 1. The second kappa shape index (κ2) is 7.69. The van der Waals surface area contributed by atoms with E-state index in [-0.39, 0.29) is 0 Å². The Morgan fingerprint density at radius 3 is 2.65 bits per heavy atom. The summed E-state index contributed by atoms with van der Waals surface area (Å²) in [5.41, 5.74) is 0.742. The number of carboxylic acid groups (broad SMARTS) is 1. The van der Waals surface area contributed by atoms with Gasteiger partial charge in [0.25, 0.3) is 0 Å². The maximum Gasteiger partial charge on any atom is 0.307 e. The summed E-state index contributed by atoms with van der Waals surface area (Å²) in [6, 6.07) is 1.73. The molecule has 1 aromatic heterocycles. The van der Waals surface area contributed by atoms with Gasteiger partial charge in [0.15, 0.2) is 11.5 Å². The highest BCUT2D eigenvalue weighted by Gasteiger charge is 2.18. The Labute approximate surface area is 119 Å². The van der Waals surface area contributed by atoms with Gasteiger partial charge in [0.2, 0.25) is 0 Å². The van der Waals surface area contributed by atoms with E-state index in [0.29, 0.717) is 24.6 Å². The van der Waals surface area contributed by atoms with E-state index in [2.05, 4.69) is 4.98 Å². The van der Waals surface area contributed by atoms with Crippen LogP contribution in [0.2, 0.25) is 0 Å². The van der Waals surface area contributed by atoms with Gasteiger partial charge in [-0.1, -0.05) is 13.8 Å². The fourth-order valence-corrected chi connectivity index (χ4v) is 1.95. The van der Waals surface area contributed by atoms with Crippen molar-refractivity contribution >= 4 is 5.97 Å². The molecule has 0 spiro atoms. The number of carbonyl (C=O) groups is 1. The van der Waals surface area contributed by atoms with Gasteiger partial charge in [0.1, 0.15) is 5.69 Å². The smallest absolute Gasteiger partial charge is 0.307 e. The lowest BCUT2D eigenvalue weighted by molar-refractivity contribution is -0.141. The van der Waals surface area contributed by atoms with Crippen molar-refractivity contribution in [1.82, 2.24) is 9.88 Å². The zero-order chi connectivity index (χ0) is 15.1. The number of pyridine rings is 1. The molecule has 1 N–H and O–H groups in total. The molecule has 20 heavy (non-hydrogen) atoms. The van der Waals surface area contributed by atoms with Gasteiger partial charge in [-0.3, -0.25) is 14.7 Å². The molecular weight excluding hydrogens is 260 g/mol. The van der Waals surface area contributed by atoms with Crippen molar-refractivity contribution in [3.05, 3.63) is 18.0 Å². The number of methoxy groups -OCH3 is 2. The Morgan fingerprint density at radius 1 is 1.45 bits per heavy atom. The first-order chi connectivity index (χ1) is 9.53. The Bertz CT molecular complexity index is 451. The first-order valence-corrected chi connectivity index (χ1v) is 6.54. The van der Waals surface area contributed by atoms with E-state index in [4.69, 9.17) is 14.6 Å². The minimum atomic E-state index is -0.797. The van der Waals surface area contributed by atoms with Crippen LogP contribution in [0.3, 0.4) is 0 Å². The summed E-state index contributed by atoms with van der Waals surface area (Å²) in [5, 5.41) is 8.99. The molecule has 0 aromatic carbocycles. The Kier molecular flexibility index (Phi) is 6.24. The lowest BCUT2D eigenvalue weighted by atomic mass is 10.1. The van der Waals surface area contributed by atoms with Crippen LogP contribution in [0.5, 0.6) is 11.5 Å². The Balaban J connectivity index is 2.87. The normalized spacial score (nSPS) is 12.2. The quantitative estimate of drug-likeness (QED) is 0.781. The predicted octanol–water partition coefficient (Wildman–Crippen LogP) is 1.64. The lowest BCUT2D eigenvalue weighted by Crippen LogP contribution is -2.31. The number of rotatable bonds is 8. The van der Waals surface area contributed by atoms with Crippen LogP contribution in [-0.2, 0) is 11.3 Å². The van der Waals surface area contributed by atoms with Gasteiger partial charge >= 0.3 is 5.97 Å². The second-order valence-electron chi connectivity index (χ2n) is 4.56. The molecule has 0 radical (unpaired) electrons. The molecule has 0 fully saturated rings. The number of nitrogens with zero attached hydrogens (tertiary/aromatic N) is 2. The van der Waals surface area contributed by atoms with Crippen molar-refractivity contribution in [3.63, 3.8) is 0 Å².